The first-order valence-corrected chi connectivity index (χ1v) is 6.84. The first-order chi connectivity index (χ1) is 9.69. The molecule has 0 radical (unpaired) electrons. The highest BCUT2D eigenvalue weighted by molar-refractivity contribution is 5.81. The Morgan fingerprint density at radius 3 is 2.80 bits per heavy atom. The third kappa shape index (κ3) is 2.20. The van der Waals surface area contributed by atoms with E-state index >= 15 is 0 Å². The Labute approximate surface area is 117 Å². The Morgan fingerprint density at radius 2 is 2.10 bits per heavy atom. The largest absolute Gasteiger partial charge is 0.389 e. The Balaban J connectivity index is 1.97. The van der Waals surface area contributed by atoms with Crippen LogP contribution in [0.25, 0.3) is 10.9 Å². The highest BCUT2D eigenvalue weighted by Crippen LogP contribution is 2.19. The maximum Gasteiger partial charge on any atom is 0.0918 e. The molecule has 1 N–H and O–H groups in total. The highest BCUT2D eigenvalue weighted by atomic mass is 16.3. The van der Waals surface area contributed by atoms with Crippen LogP contribution in [-0.2, 0) is 13.1 Å². The van der Waals surface area contributed by atoms with Gasteiger partial charge in [-0.15, -0.1) is 0 Å². The molecule has 104 valence electrons. The van der Waals surface area contributed by atoms with Crippen LogP contribution in [0.1, 0.15) is 31.2 Å². The van der Waals surface area contributed by atoms with Crippen LogP contribution in [-0.4, -0.2) is 24.7 Å². The van der Waals surface area contributed by atoms with Gasteiger partial charge in [-0.1, -0.05) is 18.2 Å². The van der Waals surface area contributed by atoms with Gasteiger partial charge in [0.1, 0.15) is 0 Å². The summed E-state index contributed by atoms with van der Waals surface area (Å²) in [7, 11) is 0. The van der Waals surface area contributed by atoms with Gasteiger partial charge in [0, 0.05) is 23.7 Å². The van der Waals surface area contributed by atoms with E-state index in [-0.39, 0.29) is 0 Å². The van der Waals surface area contributed by atoms with Crippen molar-refractivity contribution in [2.24, 2.45) is 0 Å². The van der Waals surface area contributed by atoms with Crippen LogP contribution in [0.2, 0.25) is 0 Å². The van der Waals surface area contributed by atoms with Gasteiger partial charge in [0.2, 0.25) is 0 Å². The average Bonchev–Trinajstić information content (AvgIpc) is 3.05. The van der Waals surface area contributed by atoms with Gasteiger partial charge in [-0.25, -0.2) is 0 Å². The summed E-state index contributed by atoms with van der Waals surface area (Å²) in [4.78, 5) is 0. The van der Waals surface area contributed by atoms with Crippen LogP contribution in [0.15, 0.2) is 36.7 Å². The number of aliphatic hydroxyl groups is 1. The summed E-state index contributed by atoms with van der Waals surface area (Å²) in [6.45, 7) is 5.28. The Kier molecular flexibility index (Phi) is 3.28. The van der Waals surface area contributed by atoms with E-state index in [0.717, 1.165) is 28.7 Å². The Morgan fingerprint density at radius 1 is 1.30 bits per heavy atom. The first kappa shape index (κ1) is 12.9. The van der Waals surface area contributed by atoms with Gasteiger partial charge in [0.05, 0.1) is 30.1 Å². The van der Waals surface area contributed by atoms with Crippen molar-refractivity contribution in [1.29, 1.82) is 0 Å². The molecular weight excluding hydrogens is 252 g/mol. The van der Waals surface area contributed by atoms with E-state index in [1.807, 2.05) is 27.7 Å². The van der Waals surface area contributed by atoms with Gasteiger partial charge in [0.25, 0.3) is 0 Å². The van der Waals surface area contributed by atoms with E-state index in [1.54, 1.807) is 13.1 Å². The summed E-state index contributed by atoms with van der Waals surface area (Å²) in [6, 6.07) is 8.22. The molecule has 0 saturated heterocycles. The minimum absolute atomic E-state index is 0.492. The van der Waals surface area contributed by atoms with E-state index in [0.29, 0.717) is 6.54 Å². The van der Waals surface area contributed by atoms with Gasteiger partial charge in [0.15, 0.2) is 0 Å². The summed E-state index contributed by atoms with van der Waals surface area (Å²) < 4.78 is 3.82. The molecule has 3 aromatic rings. The molecule has 0 aliphatic rings. The monoisotopic (exact) mass is 270 g/mol. The number of aromatic nitrogens is 4. The molecule has 0 fully saturated rings. The third-order valence-corrected chi connectivity index (χ3v) is 3.48. The fourth-order valence-electron chi connectivity index (χ4n) is 2.39. The molecule has 3 rings (SSSR count). The molecule has 0 aliphatic heterocycles. The smallest absolute Gasteiger partial charge is 0.0918 e. The molecule has 1 aromatic carbocycles. The minimum Gasteiger partial charge on any atom is -0.389 e. The fourth-order valence-corrected chi connectivity index (χ4v) is 2.39. The van der Waals surface area contributed by atoms with E-state index in [4.69, 9.17) is 0 Å². The number of hydrogen-bond donors (Lipinski definition) is 1. The molecule has 5 heteroatoms. The molecule has 0 amide bonds. The summed E-state index contributed by atoms with van der Waals surface area (Å²) in [5.74, 6) is 0. The number of para-hydroxylation sites is 1. The van der Waals surface area contributed by atoms with E-state index < -0.39 is 6.10 Å². The van der Waals surface area contributed by atoms with Crippen molar-refractivity contribution >= 4 is 10.9 Å². The second-order valence-electron chi connectivity index (χ2n) is 4.93. The summed E-state index contributed by atoms with van der Waals surface area (Å²) in [5, 5.41) is 19.6. The normalized spacial score (nSPS) is 12.9. The first-order valence-electron chi connectivity index (χ1n) is 6.84. The fraction of sp³-hybridized carbons (Fsp3) is 0.333. The molecule has 2 heterocycles. The van der Waals surface area contributed by atoms with Gasteiger partial charge >= 0.3 is 0 Å². The quantitative estimate of drug-likeness (QED) is 0.791. The molecule has 0 bridgehead atoms. The standard InChI is InChI=1S/C15H18N4O/c1-3-19-15-7-5-4-6-13(15)14(17-19)10-18-9-12(8-16-18)11(2)20/h4-9,11,20H,3,10H2,1-2H3. The van der Waals surface area contributed by atoms with Gasteiger partial charge in [-0.2, -0.15) is 10.2 Å². The van der Waals surface area contributed by atoms with Crippen LogP contribution in [0.5, 0.6) is 0 Å². The summed E-state index contributed by atoms with van der Waals surface area (Å²) in [5.41, 5.74) is 2.97. The van der Waals surface area contributed by atoms with Crippen LogP contribution >= 0.6 is 0 Å². The molecule has 2 aromatic heterocycles. The number of hydrogen-bond acceptors (Lipinski definition) is 3. The zero-order chi connectivity index (χ0) is 14.1. The lowest BCUT2D eigenvalue weighted by Gasteiger charge is -1.99. The molecule has 0 saturated carbocycles. The average molecular weight is 270 g/mol. The Bertz CT molecular complexity index is 726. The van der Waals surface area contributed by atoms with Crippen molar-refractivity contribution in [2.75, 3.05) is 0 Å². The van der Waals surface area contributed by atoms with Crippen molar-refractivity contribution < 1.29 is 5.11 Å². The van der Waals surface area contributed by atoms with Crippen LogP contribution < -0.4 is 0 Å². The number of fused-ring (bicyclic) bond motifs is 1. The van der Waals surface area contributed by atoms with Crippen LogP contribution in [0, 0.1) is 0 Å². The van der Waals surface area contributed by atoms with Crippen molar-refractivity contribution in [3.63, 3.8) is 0 Å². The van der Waals surface area contributed by atoms with Crippen molar-refractivity contribution in [3.05, 3.63) is 47.9 Å². The SMILES string of the molecule is CCn1nc(Cn2cc(C(C)O)cn2)c2ccccc21. The summed E-state index contributed by atoms with van der Waals surface area (Å²) in [6.07, 6.45) is 3.07. The number of nitrogens with zero attached hydrogens (tertiary/aromatic N) is 4. The van der Waals surface area contributed by atoms with Gasteiger partial charge in [-0.05, 0) is 19.9 Å². The van der Waals surface area contributed by atoms with Crippen molar-refractivity contribution in [3.8, 4) is 0 Å². The molecule has 1 unspecified atom stereocenters. The number of benzene rings is 1. The number of rotatable bonds is 4. The number of aryl methyl sites for hydroxylation is 1. The van der Waals surface area contributed by atoms with E-state index in [1.165, 1.54) is 0 Å². The van der Waals surface area contributed by atoms with Gasteiger partial charge in [-0.3, -0.25) is 9.36 Å². The molecule has 5 nitrogen and oxygen atoms in total. The molecule has 0 spiro atoms. The Hall–Kier alpha value is -2.14. The lowest BCUT2D eigenvalue weighted by Crippen LogP contribution is -2.03. The van der Waals surface area contributed by atoms with E-state index in [9.17, 15) is 5.11 Å². The summed E-state index contributed by atoms with van der Waals surface area (Å²) >= 11 is 0. The van der Waals surface area contributed by atoms with Gasteiger partial charge < -0.3 is 5.11 Å². The van der Waals surface area contributed by atoms with Crippen LogP contribution in [0.3, 0.4) is 0 Å². The zero-order valence-electron chi connectivity index (χ0n) is 11.7. The van der Waals surface area contributed by atoms with Crippen LogP contribution in [0.4, 0.5) is 0 Å². The minimum atomic E-state index is -0.492. The predicted molar refractivity (Wildman–Crippen MR) is 77.4 cm³/mol. The maximum atomic E-state index is 9.54. The molecular formula is C15H18N4O. The third-order valence-electron chi connectivity index (χ3n) is 3.48. The maximum absolute atomic E-state index is 9.54. The number of aliphatic hydroxyl groups excluding tert-OH is 1. The second kappa shape index (κ2) is 5.09. The predicted octanol–water partition coefficient (Wildman–Crippen LogP) is 2.35. The van der Waals surface area contributed by atoms with Crippen molar-refractivity contribution in [1.82, 2.24) is 19.6 Å². The molecule has 20 heavy (non-hydrogen) atoms. The topological polar surface area (TPSA) is 55.9 Å². The highest BCUT2D eigenvalue weighted by Gasteiger charge is 2.11. The lowest BCUT2D eigenvalue weighted by atomic mass is 10.2. The second-order valence-corrected chi connectivity index (χ2v) is 4.93. The molecule has 1 atom stereocenters. The zero-order valence-corrected chi connectivity index (χ0v) is 11.7. The lowest BCUT2D eigenvalue weighted by molar-refractivity contribution is 0.199. The van der Waals surface area contributed by atoms with Crippen molar-refractivity contribution in [2.45, 2.75) is 33.0 Å². The molecule has 0 aliphatic carbocycles. The van der Waals surface area contributed by atoms with E-state index in [2.05, 4.69) is 29.3 Å².